The van der Waals surface area contributed by atoms with Crippen molar-refractivity contribution in [2.45, 2.75) is 40.0 Å². The van der Waals surface area contributed by atoms with Crippen LogP contribution in [0.2, 0.25) is 0 Å². The molecule has 1 rings (SSSR count). The molecule has 2 nitrogen and oxygen atoms in total. The van der Waals surface area contributed by atoms with Gasteiger partial charge < -0.3 is 5.73 Å². The highest BCUT2D eigenvalue weighted by atomic mass is 14.7. The van der Waals surface area contributed by atoms with Crippen molar-refractivity contribution in [3.63, 3.8) is 0 Å². The summed E-state index contributed by atoms with van der Waals surface area (Å²) in [5.41, 5.74) is 7.94. The van der Waals surface area contributed by atoms with Crippen LogP contribution in [-0.2, 0) is 5.41 Å². The van der Waals surface area contributed by atoms with Crippen LogP contribution in [0.1, 0.15) is 39.0 Å². The second-order valence-corrected chi connectivity index (χ2v) is 3.78. The maximum Gasteiger partial charge on any atom is 0.0372 e. The van der Waals surface area contributed by atoms with Crippen molar-refractivity contribution in [1.29, 1.82) is 0 Å². The van der Waals surface area contributed by atoms with Gasteiger partial charge in [0.15, 0.2) is 0 Å². The van der Waals surface area contributed by atoms with Gasteiger partial charge in [-0.1, -0.05) is 33.8 Å². The number of aromatic nitrogens is 1. The molecule has 2 N–H and O–H groups in total. The Balaban J connectivity index is 0.000000791. The van der Waals surface area contributed by atoms with E-state index >= 15 is 0 Å². The highest BCUT2D eigenvalue weighted by Gasteiger charge is 2.17. The third kappa shape index (κ3) is 3.46. The van der Waals surface area contributed by atoms with Crippen molar-refractivity contribution in [3.05, 3.63) is 29.6 Å². The molecule has 0 aliphatic heterocycles. The molecule has 0 bridgehead atoms. The van der Waals surface area contributed by atoms with Gasteiger partial charge in [-0.25, -0.2) is 0 Å². The van der Waals surface area contributed by atoms with Crippen LogP contribution in [0.4, 0.5) is 0 Å². The standard InChI is InChI=1S/C10H16N2.C2H6/c1-8-4-5-9(6-12-8)10(2,3)7-11;1-2/h4-6H,7,11H2,1-3H3;1-2H3. The molecule has 1 heterocycles. The minimum atomic E-state index is 0.0424. The summed E-state index contributed by atoms with van der Waals surface area (Å²) in [5, 5.41) is 0. The summed E-state index contributed by atoms with van der Waals surface area (Å²) in [5.74, 6) is 0. The van der Waals surface area contributed by atoms with E-state index in [1.165, 1.54) is 5.56 Å². The Bertz CT molecular complexity index is 250. The second-order valence-electron chi connectivity index (χ2n) is 3.78. The molecule has 2 heteroatoms. The fourth-order valence-corrected chi connectivity index (χ4v) is 0.986. The number of hydrogen-bond acceptors (Lipinski definition) is 2. The van der Waals surface area contributed by atoms with Crippen LogP contribution < -0.4 is 5.73 Å². The number of pyridine rings is 1. The average molecular weight is 194 g/mol. The SMILES string of the molecule is CC.Cc1ccc(C(C)(C)CN)cn1. The average Bonchev–Trinajstić information content (AvgIpc) is 2.21. The highest BCUT2D eigenvalue weighted by Crippen LogP contribution is 2.20. The molecule has 0 amide bonds. The molecule has 0 spiro atoms. The van der Waals surface area contributed by atoms with Gasteiger partial charge in [0.1, 0.15) is 0 Å². The van der Waals surface area contributed by atoms with Crippen LogP contribution >= 0.6 is 0 Å². The van der Waals surface area contributed by atoms with Crippen LogP contribution in [0, 0.1) is 6.92 Å². The van der Waals surface area contributed by atoms with Gasteiger partial charge in [-0.05, 0) is 18.6 Å². The Morgan fingerprint density at radius 3 is 2.21 bits per heavy atom. The van der Waals surface area contributed by atoms with E-state index in [1.54, 1.807) is 0 Å². The van der Waals surface area contributed by atoms with Crippen molar-refractivity contribution >= 4 is 0 Å². The zero-order chi connectivity index (χ0) is 11.2. The molecule has 0 aliphatic carbocycles. The Labute approximate surface area is 87.6 Å². The molecule has 1 aromatic heterocycles. The van der Waals surface area contributed by atoms with Crippen molar-refractivity contribution in [2.75, 3.05) is 6.54 Å². The second kappa shape index (κ2) is 5.76. The summed E-state index contributed by atoms with van der Waals surface area (Å²) in [4.78, 5) is 4.24. The molecule has 0 fully saturated rings. The van der Waals surface area contributed by atoms with E-state index in [4.69, 9.17) is 5.73 Å². The maximum atomic E-state index is 5.65. The first-order valence-corrected chi connectivity index (χ1v) is 5.19. The molecular formula is C12H22N2. The monoisotopic (exact) mass is 194 g/mol. The number of nitrogens with two attached hydrogens (primary N) is 1. The van der Waals surface area contributed by atoms with Crippen LogP contribution in [0.25, 0.3) is 0 Å². The fraction of sp³-hybridized carbons (Fsp3) is 0.583. The Hall–Kier alpha value is -0.890. The molecule has 14 heavy (non-hydrogen) atoms. The third-order valence-corrected chi connectivity index (χ3v) is 2.20. The molecule has 1 aromatic rings. The first kappa shape index (κ1) is 13.1. The minimum absolute atomic E-state index is 0.0424. The Kier molecular flexibility index (Phi) is 5.39. The van der Waals surface area contributed by atoms with E-state index < -0.39 is 0 Å². The van der Waals surface area contributed by atoms with Crippen LogP contribution in [0.3, 0.4) is 0 Å². The predicted octanol–water partition coefficient (Wildman–Crippen LogP) is 2.65. The van der Waals surface area contributed by atoms with E-state index in [-0.39, 0.29) is 5.41 Å². The van der Waals surface area contributed by atoms with Crippen molar-refractivity contribution in [1.82, 2.24) is 4.98 Å². The highest BCUT2D eigenvalue weighted by molar-refractivity contribution is 5.22. The van der Waals surface area contributed by atoms with E-state index in [1.807, 2.05) is 33.0 Å². The van der Waals surface area contributed by atoms with Gasteiger partial charge in [-0.15, -0.1) is 0 Å². The van der Waals surface area contributed by atoms with E-state index in [0.717, 1.165) is 5.69 Å². The van der Waals surface area contributed by atoms with Crippen LogP contribution in [0.15, 0.2) is 18.3 Å². The van der Waals surface area contributed by atoms with E-state index in [0.29, 0.717) is 6.54 Å². The lowest BCUT2D eigenvalue weighted by atomic mass is 9.86. The summed E-state index contributed by atoms with van der Waals surface area (Å²) in [6.07, 6.45) is 1.90. The lowest BCUT2D eigenvalue weighted by Gasteiger charge is -2.22. The topological polar surface area (TPSA) is 38.9 Å². The van der Waals surface area contributed by atoms with E-state index in [9.17, 15) is 0 Å². The van der Waals surface area contributed by atoms with Crippen LogP contribution in [-0.4, -0.2) is 11.5 Å². The number of rotatable bonds is 2. The first-order valence-electron chi connectivity index (χ1n) is 5.19. The molecule has 0 radical (unpaired) electrons. The molecule has 0 aromatic carbocycles. The van der Waals surface area contributed by atoms with Gasteiger partial charge in [-0.2, -0.15) is 0 Å². The number of hydrogen-bond donors (Lipinski definition) is 1. The summed E-state index contributed by atoms with van der Waals surface area (Å²) < 4.78 is 0. The Morgan fingerprint density at radius 2 is 1.86 bits per heavy atom. The quantitative estimate of drug-likeness (QED) is 0.786. The van der Waals surface area contributed by atoms with Gasteiger partial charge in [0.25, 0.3) is 0 Å². The lowest BCUT2D eigenvalue weighted by molar-refractivity contribution is 0.536. The summed E-state index contributed by atoms with van der Waals surface area (Å²) in [6.45, 7) is 10.9. The van der Waals surface area contributed by atoms with Gasteiger partial charge in [0.05, 0.1) is 0 Å². The molecule has 0 saturated carbocycles. The fourth-order valence-electron chi connectivity index (χ4n) is 0.986. The zero-order valence-corrected chi connectivity index (χ0v) is 9.96. The van der Waals surface area contributed by atoms with Crippen molar-refractivity contribution in [3.8, 4) is 0 Å². The molecule has 0 saturated heterocycles. The van der Waals surface area contributed by atoms with Crippen molar-refractivity contribution in [2.24, 2.45) is 5.73 Å². The first-order chi connectivity index (χ1) is 6.56. The summed E-state index contributed by atoms with van der Waals surface area (Å²) >= 11 is 0. The minimum Gasteiger partial charge on any atom is -0.330 e. The van der Waals surface area contributed by atoms with Gasteiger partial charge >= 0.3 is 0 Å². The Morgan fingerprint density at radius 1 is 1.29 bits per heavy atom. The third-order valence-electron chi connectivity index (χ3n) is 2.20. The summed E-state index contributed by atoms with van der Waals surface area (Å²) in [7, 11) is 0. The normalized spacial score (nSPS) is 10.4. The molecule has 0 aliphatic rings. The number of aryl methyl sites for hydroxylation is 1. The predicted molar refractivity (Wildman–Crippen MR) is 62.4 cm³/mol. The van der Waals surface area contributed by atoms with Gasteiger partial charge in [0, 0.05) is 23.9 Å². The van der Waals surface area contributed by atoms with Gasteiger partial charge in [-0.3, -0.25) is 4.98 Å². The summed E-state index contributed by atoms with van der Waals surface area (Å²) in [6, 6.07) is 4.11. The smallest absolute Gasteiger partial charge is 0.0372 e. The lowest BCUT2D eigenvalue weighted by Crippen LogP contribution is -2.28. The largest absolute Gasteiger partial charge is 0.330 e. The maximum absolute atomic E-state index is 5.65. The number of nitrogens with zero attached hydrogens (tertiary/aromatic N) is 1. The molecule has 80 valence electrons. The molecular weight excluding hydrogens is 172 g/mol. The molecule has 0 unspecified atom stereocenters. The van der Waals surface area contributed by atoms with E-state index in [2.05, 4.69) is 24.9 Å². The molecule has 0 atom stereocenters. The van der Waals surface area contributed by atoms with Gasteiger partial charge in [0.2, 0.25) is 0 Å². The van der Waals surface area contributed by atoms with Crippen LogP contribution in [0.5, 0.6) is 0 Å². The zero-order valence-electron chi connectivity index (χ0n) is 9.96. The van der Waals surface area contributed by atoms with Crippen molar-refractivity contribution < 1.29 is 0 Å².